The van der Waals surface area contributed by atoms with Gasteiger partial charge in [0.15, 0.2) is 5.82 Å². The molecule has 2 heterocycles. The van der Waals surface area contributed by atoms with Crippen LogP contribution in [0.1, 0.15) is 31.3 Å². The van der Waals surface area contributed by atoms with Crippen molar-refractivity contribution >= 4 is 5.69 Å². The molecule has 7 nitrogen and oxygen atoms in total. The quantitative estimate of drug-likeness (QED) is 0.699. The van der Waals surface area contributed by atoms with Crippen molar-refractivity contribution in [2.24, 2.45) is 11.8 Å². The number of nitrogens with two attached hydrogens (primary N) is 1. The first-order valence-corrected chi connectivity index (χ1v) is 6.80. The number of nitrogens with zero attached hydrogens (tertiary/aromatic N) is 4. The second-order valence-electron chi connectivity index (χ2n) is 5.42. The van der Waals surface area contributed by atoms with Crippen molar-refractivity contribution in [2.75, 3.05) is 5.73 Å². The average Bonchev–Trinajstić information content (AvgIpc) is 2.93. The van der Waals surface area contributed by atoms with Crippen LogP contribution in [0.5, 0.6) is 0 Å². The van der Waals surface area contributed by atoms with Crippen LogP contribution in [0, 0.1) is 11.8 Å². The Hall–Kier alpha value is -2.44. The molecule has 0 saturated heterocycles. The number of aliphatic hydroxyl groups is 1. The van der Waals surface area contributed by atoms with Crippen molar-refractivity contribution < 1.29 is 5.11 Å². The Morgan fingerprint density at radius 3 is 2.67 bits per heavy atom. The number of nitrogens with one attached hydrogen (secondary N) is 1. The van der Waals surface area contributed by atoms with E-state index >= 15 is 0 Å². The Balaban J connectivity index is 2.32. The lowest BCUT2D eigenvalue weighted by Gasteiger charge is -2.27. The number of aromatic nitrogens is 5. The Labute approximate surface area is 123 Å². The lowest BCUT2D eigenvalue weighted by atomic mass is 9.79. The van der Waals surface area contributed by atoms with E-state index in [0.29, 0.717) is 17.9 Å². The van der Waals surface area contributed by atoms with E-state index in [9.17, 15) is 5.11 Å². The van der Waals surface area contributed by atoms with Gasteiger partial charge in [-0.2, -0.15) is 5.21 Å². The van der Waals surface area contributed by atoms with Crippen molar-refractivity contribution in [3.8, 4) is 0 Å². The maximum atomic E-state index is 9.95. The van der Waals surface area contributed by atoms with Crippen LogP contribution in [-0.2, 0) is 6.42 Å². The molecule has 112 valence electrons. The van der Waals surface area contributed by atoms with E-state index in [4.69, 9.17) is 5.73 Å². The smallest absolute Gasteiger partial charge is 0.178 e. The molecule has 4 N–H and O–H groups in total. The molecule has 0 amide bonds. The molecule has 2 aromatic heterocycles. The molecule has 0 unspecified atom stereocenters. The van der Waals surface area contributed by atoms with E-state index in [2.05, 4.69) is 32.2 Å². The van der Waals surface area contributed by atoms with E-state index in [-0.39, 0.29) is 23.5 Å². The van der Waals surface area contributed by atoms with Crippen LogP contribution < -0.4 is 5.73 Å². The highest BCUT2D eigenvalue weighted by Gasteiger charge is 2.32. The molecule has 2 rings (SSSR count). The summed E-state index contributed by atoms with van der Waals surface area (Å²) in [6, 6.07) is 3.66. The van der Waals surface area contributed by atoms with E-state index in [1.54, 1.807) is 12.3 Å². The molecule has 0 aromatic carbocycles. The highest BCUT2D eigenvalue weighted by atomic mass is 16.3. The van der Waals surface area contributed by atoms with Gasteiger partial charge in [-0.1, -0.05) is 25.6 Å². The number of aromatic amines is 1. The third kappa shape index (κ3) is 3.56. The number of hydrogen-bond donors (Lipinski definition) is 3. The first-order chi connectivity index (χ1) is 9.99. The van der Waals surface area contributed by atoms with Gasteiger partial charge in [-0.25, -0.2) is 0 Å². The Kier molecular flexibility index (Phi) is 4.52. The van der Waals surface area contributed by atoms with Gasteiger partial charge in [0.25, 0.3) is 0 Å². The first-order valence-electron chi connectivity index (χ1n) is 6.80. The van der Waals surface area contributed by atoms with Crippen LogP contribution in [0.3, 0.4) is 0 Å². The monoisotopic (exact) mass is 288 g/mol. The van der Waals surface area contributed by atoms with Gasteiger partial charge < -0.3 is 10.8 Å². The molecule has 0 bridgehead atoms. The second kappa shape index (κ2) is 6.34. The maximum Gasteiger partial charge on any atom is 0.178 e. The summed E-state index contributed by atoms with van der Waals surface area (Å²) >= 11 is 0. The van der Waals surface area contributed by atoms with Crippen LogP contribution in [0.25, 0.3) is 0 Å². The summed E-state index contributed by atoms with van der Waals surface area (Å²) in [5.41, 5.74) is 7.12. The summed E-state index contributed by atoms with van der Waals surface area (Å²) in [7, 11) is 0. The van der Waals surface area contributed by atoms with E-state index in [1.807, 2.05) is 19.9 Å². The summed E-state index contributed by atoms with van der Waals surface area (Å²) < 4.78 is 0. The fourth-order valence-corrected chi connectivity index (χ4v) is 2.57. The predicted molar refractivity (Wildman–Crippen MR) is 79.4 cm³/mol. The molecule has 0 spiro atoms. The zero-order valence-electron chi connectivity index (χ0n) is 12.2. The predicted octanol–water partition coefficient (Wildman–Crippen LogP) is 1.85. The summed E-state index contributed by atoms with van der Waals surface area (Å²) in [6.07, 6.45) is 2.18. The number of tetrazole rings is 1. The van der Waals surface area contributed by atoms with Gasteiger partial charge in [0.2, 0.25) is 0 Å². The minimum absolute atomic E-state index is 0.121. The minimum atomic E-state index is -0.179. The third-order valence-corrected chi connectivity index (χ3v) is 3.51. The highest BCUT2D eigenvalue weighted by molar-refractivity contribution is 5.34. The van der Waals surface area contributed by atoms with E-state index < -0.39 is 0 Å². The zero-order valence-corrected chi connectivity index (χ0v) is 12.2. The molecular formula is C14H20N6O. The van der Waals surface area contributed by atoms with Crippen molar-refractivity contribution in [3.63, 3.8) is 0 Å². The molecule has 0 fully saturated rings. The fraction of sp³-hybridized carbons (Fsp3) is 0.429. The number of anilines is 1. The summed E-state index contributed by atoms with van der Waals surface area (Å²) in [5, 5.41) is 24.1. The minimum Gasteiger partial charge on any atom is -0.513 e. The number of aliphatic hydroxyl groups excluding tert-OH is 1. The zero-order chi connectivity index (χ0) is 15.4. The SMILES string of the molecule is C=C(O)[C@@H](C(C)C)[C@H](Cc1ccc(N)cn1)c1nn[nH]n1. The second-order valence-corrected chi connectivity index (χ2v) is 5.42. The molecule has 0 aliphatic rings. The van der Waals surface area contributed by atoms with E-state index in [0.717, 1.165) is 5.69 Å². The van der Waals surface area contributed by atoms with Crippen LogP contribution >= 0.6 is 0 Å². The fourth-order valence-electron chi connectivity index (χ4n) is 2.57. The summed E-state index contributed by atoms with van der Waals surface area (Å²) in [5.74, 6) is 0.511. The van der Waals surface area contributed by atoms with Gasteiger partial charge in [0, 0.05) is 24.0 Å². The van der Waals surface area contributed by atoms with Gasteiger partial charge in [0.1, 0.15) is 0 Å². The van der Waals surface area contributed by atoms with E-state index in [1.165, 1.54) is 0 Å². The van der Waals surface area contributed by atoms with Crippen LogP contribution in [0.15, 0.2) is 30.7 Å². The molecule has 0 aliphatic heterocycles. The number of pyridine rings is 1. The Morgan fingerprint density at radius 1 is 1.43 bits per heavy atom. The topological polar surface area (TPSA) is 114 Å². The molecule has 0 saturated carbocycles. The summed E-state index contributed by atoms with van der Waals surface area (Å²) in [6.45, 7) is 7.74. The van der Waals surface area contributed by atoms with Crippen molar-refractivity contribution in [1.82, 2.24) is 25.6 Å². The maximum absolute atomic E-state index is 9.95. The number of rotatable bonds is 6. The third-order valence-electron chi connectivity index (χ3n) is 3.51. The normalized spacial score (nSPS) is 14.0. The molecule has 2 atom stereocenters. The largest absolute Gasteiger partial charge is 0.513 e. The van der Waals surface area contributed by atoms with Crippen molar-refractivity contribution in [1.29, 1.82) is 0 Å². The van der Waals surface area contributed by atoms with Gasteiger partial charge in [-0.05, 0) is 18.1 Å². The van der Waals surface area contributed by atoms with Crippen molar-refractivity contribution in [2.45, 2.75) is 26.2 Å². The first kappa shape index (κ1) is 15.0. The highest BCUT2D eigenvalue weighted by Crippen LogP contribution is 2.34. The lowest BCUT2D eigenvalue weighted by molar-refractivity contribution is 0.243. The van der Waals surface area contributed by atoms with Gasteiger partial charge >= 0.3 is 0 Å². The Morgan fingerprint density at radius 2 is 2.19 bits per heavy atom. The Bertz CT molecular complexity index is 578. The molecule has 21 heavy (non-hydrogen) atoms. The van der Waals surface area contributed by atoms with Gasteiger partial charge in [-0.15, -0.1) is 10.2 Å². The average molecular weight is 288 g/mol. The summed E-state index contributed by atoms with van der Waals surface area (Å²) in [4.78, 5) is 4.31. The number of allylic oxidation sites excluding steroid dienone is 1. The van der Waals surface area contributed by atoms with Crippen molar-refractivity contribution in [3.05, 3.63) is 42.2 Å². The molecule has 0 aliphatic carbocycles. The van der Waals surface area contributed by atoms with Crippen LogP contribution in [0.2, 0.25) is 0 Å². The molecule has 0 radical (unpaired) electrons. The molecular weight excluding hydrogens is 268 g/mol. The standard InChI is InChI=1S/C14H20N6O/c1-8(2)13(9(3)21)12(14-17-19-20-18-14)6-11-5-4-10(15)7-16-11/h4-5,7-8,12-13,21H,3,6,15H2,1-2H3,(H,17,18,19,20)/t12-,13+/m0/s1. The molecule has 2 aromatic rings. The molecule has 7 heteroatoms. The number of hydrogen-bond acceptors (Lipinski definition) is 6. The van der Waals surface area contributed by atoms with Gasteiger partial charge in [-0.3, -0.25) is 4.98 Å². The van der Waals surface area contributed by atoms with Crippen LogP contribution in [-0.4, -0.2) is 30.7 Å². The van der Waals surface area contributed by atoms with Gasteiger partial charge in [0.05, 0.1) is 17.6 Å². The lowest BCUT2D eigenvalue weighted by Crippen LogP contribution is -2.24. The number of H-pyrrole nitrogens is 1. The van der Waals surface area contributed by atoms with Crippen LogP contribution in [0.4, 0.5) is 5.69 Å². The number of nitrogen functional groups attached to an aromatic ring is 1.